The Morgan fingerprint density at radius 2 is 1.77 bits per heavy atom. The maximum absolute atomic E-state index is 12.9. The first-order valence-corrected chi connectivity index (χ1v) is 11.1. The maximum Gasteiger partial charge on any atom is 0.339 e. The number of carbonyl (C=O) groups is 1. The van der Waals surface area contributed by atoms with Crippen LogP contribution >= 0.6 is 11.6 Å². The van der Waals surface area contributed by atoms with E-state index in [9.17, 15) is 13.2 Å². The topological polar surface area (TPSA) is 85.4 Å². The first-order valence-electron chi connectivity index (χ1n) is 9.34. The molecule has 8 heteroatoms. The van der Waals surface area contributed by atoms with Gasteiger partial charge in [-0.15, -0.1) is 0 Å². The molecule has 0 atom stereocenters. The van der Waals surface area contributed by atoms with Gasteiger partial charge >= 0.3 is 10.1 Å². The van der Waals surface area contributed by atoms with Crippen molar-refractivity contribution in [2.45, 2.75) is 11.4 Å². The fraction of sp³-hybridized carbons (Fsp3) is 0.0435. The van der Waals surface area contributed by atoms with Gasteiger partial charge in [0, 0.05) is 23.7 Å². The number of hydrogen-bond acceptors (Lipinski definition) is 5. The zero-order valence-corrected chi connectivity index (χ0v) is 17.7. The summed E-state index contributed by atoms with van der Waals surface area (Å²) >= 11 is 6.13. The lowest BCUT2D eigenvalue weighted by molar-refractivity contribution is 0.0950. The van der Waals surface area contributed by atoms with Crippen molar-refractivity contribution in [3.63, 3.8) is 0 Å². The van der Waals surface area contributed by atoms with Gasteiger partial charge in [-0.25, -0.2) is 0 Å². The molecule has 3 aromatic carbocycles. The lowest BCUT2D eigenvalue weighted by Crippen LogP contribution is -2.22. The number of hydrogen-bond donors (Lipinski definition) is 1. The summed E-state index contributed by atoms with van der Waals surface area (Å²) in [5, 5.41) is 3.49. The molecule has 0 fully saturated rings. The molecule has 0 saturated carbocycles. The van der Waals surface area contributed by atoms with Crippen LogP contribution < -0.4 is 9.50 Å². The first kappa shape index (κ1) is 20.8. The van der Waals surface area contributed by atoms with Crippen LogP contribution in [-0.2, 0) is 16.7 Å². The molecule has 4 rings (SSSR count). The van der Waals surface area contributed by atoms with Crippen LogP contribution in [0.25, 0.3) is 10.9 Å². The summed E-state index contributed by atoms with van der Waals surface area (Å²) in [4.78, 5) is 16.6. The Labute approximate surface area is 184 Å². The summed E-state index contributed by atoms with van der Waals surface area (Å²) in [7, 11) is -4.18. The average molecular weight is 453 g/mol. The van der Waals surface area contributed by atoms with Gasteiger partial charge in [-0.05, 0) is 48.0 Å². The fourth-order valence-electron chi connectivity index (χ4n) is 3.07. The fourth-order valence-corrected chi connectivity index (χ4v) is 4.40. The monoisotopic (exact) mass is 452 g/mol. The van der Waals surface area contributed by atoms with Crippen molar-refractivity contribution in [2.75, 3.05) is 0 Å². The minimum absolute atomic E-state index is 0.0272. The molecule has 0 radical (unpaired) electrons. The smallest absolute Gasteiger partial charge is 0.339 e. The van der Waals surface area contributed by atoms with Crippen LogP contribution in [0.1, 0.15) is 15.9 Å². The Bertz CT molecular complexity index is 1360. The van der Waals surface area contributed by atoms with Crippen LogP contribution in [0.3, 0.4) is 0 Å². The third kappa shape index (κ3) is 4.68. The molecule has 0 bridgehead atoms. The predicted molar refractivity (Wildman–Crippen MR) is 119 cm³/mol. The first-order chi connectivity index (χ1) is 14.9. The van der Waals surface area contributed by atoms with E-state index in [2.05, 4.69) is 10.3 Å². The molecule has 1 N–H and O–H groups in total. The quantitative estimate of drug-likeness (QED) is 0.432. The van der Waals surface area contributed by atoms with Gasteiger partial charge in [0.1, 0.15) is 10.6 Å². The van der Waals surface area contributed by atoms with Gasteiger partial charge in [-0.2, -0.15) is 8.42 Å². The number of aromatic nitrogens is 1. The molecule has 0 aliphatic carbocycles. The van der Waals surface area contributed by atoms with Crippen LogP contribution in [0.5, 0.6) is 5.75 Å². The number of nitrogens with zero attached hydrogens (tertiary/aromatic N) is 1. The van der Waals surface area contributed by atoms with E-state index in [1.807, 2.05) is 30.3 Å². The lowest BCUT2D eigenvalue weighted by Gasteiger charge is -2.11. The van der Waals surface area contributed by atoms with Gasteiger partial charge in [0.25, 0.3) is 5.91 Å². The predicted octanol–water partition coefficient (Wildman–Crippen LogP) is 4.59. The normalized spacial score (nSPS) is 11.3. The molecule has 1 aromatic heterocycles. The van der Waals surface area contributed by atoms with Gasteiger partial charge in [-0.3, -0.25) is 9.78 Å². The summed E-state index contributed by atoms with van der Waals surface area (Å²) in [5.74, 6) is -0.313. The molecule has 0 aliphatic heterocycles. The highest BCUT2D eigenvalue weighted by atomic mass is 35.5. The number of benzene rings is 3. The van der Waals surface area contributed by atoms with Gasteiger partial charge in [-0.1, -0.05) is 48.0 Å². The van der Waals surface area contributed by atoms with Crippen LogP contribution in [0, 0.1) is 0 Å². The van der Waals surface area contributed by atoms with E-state index in [1.54, 1.807) is 24.3 Å². The van der Waals surface area contributed by atoms with E-state index in [4.69, 9.17) is 15.8 Å². The van der Waals surface area contributed by atoms with Crippen LogP contribution in [0.15, 0.2) is 90.0 Å². The van der Waals surface area contributed by atoms with Crippen molar-refractivity contribution in [1.29, 1.82) is 0 Å². The summed E-state index contributed by atoms with van der Waals surface area (Å²) in [6.07, 6.45) is 1.53. The minimum Gasteiger partial charge on any atom is -0.379 e. The van der Waals surface area contributed by atoms with E-state index in [1.165, 1.54) is 30.5 Å². The highest BCUT2D eigenvalue weighted by Crippen LogP contribution is 2.29. The molecule has 31 heavy (non-hydrogen) atoms. The Kier molecular flexibility index (Phi) is 5.88. The van der Waals surface area contributed by atoms with Crippen molar-refractivity contribution >= 4 is 38.5 Å². The SMILES string of the molecule is O=C(NCc1ccccc1)c1cccc(OS(=O)(=O)c2ccc(Cl)c3ncccc23)c1. The van der Waals surface area contributed by atoms with Crippen LogP contribution in [0.4, 0.5) is 0 Å². The standard InChI is InChI=1S/C23H17ClN2O4S/c24-20-11-12-21(19-10-5-13-25-22(19)20)31(28,29)30-18-9-4-8-17(14-18)23(27)26-15-16-6-2-1-3-7-16/h1-14H,15H2,(H,26,27). The number of rotatable bonds is 6. The third-order valence-corrected chi connectivity index (χ3v) is 6.16. The number of nitrogens with one attached hydrogen (secondary N) is 1. The average Bonchev–Trinajstić information content (AvgIpc) is 2.78. The zero-order valence-electron chi connectivity index (χ0n) is 16.2. The summed E-state index contributed by atoms with van der Waals surface area (Å²) in [5.41, 5.74) is 1.60. The molecule has 1 heterocycles. The highest BCUT2D eigenvalue weighted by Gasteiger charge is 2.22. The number of amides is 1. The summed E-state index contributed by atoms with van der Waals surface area (Å²) < 4.78 is 31.2. The maximum atomic E-state index is 12.9. The van der Waals surface area contributed by atoms with E-state index in [0.29, 0.717) is 22.5 Å². The molecular formula is C23H17ClN2O4S. The summed E-state index contributed by atoms with van der Waals surface area (Å²) in [6, 6.07) is 21.5. The van der Waals surface area contributed by atoms with Gasteiger partial charge < -0.3 is 9.50 Å². The van der Waals surface area contributed by atoms with Crippen molar-refractivity contribution in [2.24, 2.45) is 0 Å². The Balaban J connectivity index is 1.56. The molecule has 4 aromatic rings. The van der Waals surface area contributed by atoms with E-state index in [0.717, 1.165) is 5.56 Å². The highest BCUT2D eigenvalue weighted by molar-refractivity contribution is 7.87. The minimum atomic E-state index is -4.18. The Morgan fingerprint density at radius 1 is 0.968 bits per heavy atom. The van der Waals surface area contributed by atoms with Crippen LogP contribution in [0.2, 0.25) is 5.02 Å². The van der Waals surface area contributed by atoms with E-state index < -0.39 is 10.1 Å². The van der Waals surface area contributed by atoms with Crippen molar-refractivity contribution < 1.29 is 17.4 Å². The second-order valence-corrected chi connectivity index (χ2v) is 8.60. The van der Waals surface area contributed by atoms with E-state index in [-0.39, 0.29) is 22.1 Å². The number of carbonyl (C=O) groups excluding carboxylic acids is 1. The molecule has 156 valence electrons. The molecule has 0 saturated heterocycles. The molecular weight excluding hydrogens is 436 g/mol. The lowest BCUT2D eigenvalue weighted by atomic mass is 10.2. The molecule has 6 nitrogen and oxygen atoms in total. The van der Waals surface area contributed by atoms with Crippen molar-refractivity contribution in [3.8, 4) is 5.75 Å². The largest absolute Gasteiger partial charge is 0.379 e. The van der Waals surface area contributed by atoms with E-state index >= 15 is 0 Å². The van der Waals surface area contributed by atoms with Crippen molar-refractivity contribution in [1.82, 2.24) is 10.3 Å². The van der Waals surface area contributed by atoms with Crippen molar-refractivity contribution in [3.05, 3.63) is 101 Å². The Hall–Kier alpha value is -3.42. The zero-order chi connectivity index (χ0) is 21.8. The summed E-state index contributed by atoms with van der Waals surface area (Å²) in [6.45, 7) is 0.354. The number of fused-ring (bicyclic) bond motifs is 1. The third-order valence-electron chi connectivity index (χ3n) is 4.55. The van der Waals surface area contributed by atoms with Gasteiger partial charge in [0.05, 0.1) is 10.5 Å². The van der Waals surface area contributed by atoms with Crippen LogP contribution in [-0.4, -0.2) is 19.3 Å². The van der Waals surface area contributed by atoms with Gasteiger partial charge in [0.15, 0.2) is 0 Å². The second kappa shape index (κ2) is 8.75. The number of pyridine rings is 1. The number of halogens is 1. The molecule has 0 aliphatic rings. The molecule has 0 unspecified atom stereocenters. The second-order valence-electron chi connectivity index (χ2n) is 6.68. The molecule has 0 spiro atoms. The van der Waals surface area contributed by atoms with Gasteiger partial charge in [0.2, 0.25) is 0 Å². The Morgan fingerprint density at radius 3 is 2.58 bits per heavy atom. The molecule has 1 amide bonds.